The van der Waals surface area contributed by atoms with Crippen LogP contribution in [0.3, 0.4) is 0 Å². The molecule has 0 fully saturated rings. The molecule has 2 rings (SSSR count). The van der Waals surface area contributed by atoms with Gasteiger partial charge in [-0.05, 0) is 46.5 Å². The SMILES string of the molecule is CCOC(Br)(Cc1ccc(-c2ccccc2)cc1)OCC. The topological polar surface area (TPSA) is 18.5 Å². The summed E-state index contributed by atoms with van der Waals surface area (Å²) in [7, 11) is 0. The lowest BCUT2D eigenvalue weighted by molar-refractivity contribution is -0.158. The summed E-state index contributed by atoms with van der Waals surface area (Å²) in [4.78, 5) is 0. The van der Waals surface area contributed by atoms with Crippen molar-refractivity contribution < 1.29 is 9.47 Å². The van der Waals surface area contributed by atoms with E-state index in [0.717, 1.165) is 0 Å². The number of ether oxygens (including phenoxy) is 2. The Labute approximate surface area is 135 Å². The fraction of sp³-hybridized carbons (Fsp3) is 0.333. The summed E-state index contributed by atoms with van der Waals surface area (Å²) in [6.07, 6.45) is 0.670. The third kappa shape index (κ3) is 4.67. The summed E-state index contributed by atoms with van der Waals surface area (Å²) in [6, 6.07) is 18.9. The summed E-state index contributed by atoms with van der Waals surface area (Å²) in [5.41, 5.74) is 3.62. The number of alkyl halides is 1. The largest absolute Gasteiger partial charge is 0.341 e. The summed E-state index contributed by atoms with van der Waals surface area (Å²) in [6.45, 7) is 5.14. The van der Waals surface area contributed by atoms with Gasteiger partial charge >= 0.3 is 0 Å². The third-order valence-corrected chi connectivity index (χ3v) is 3.93. The highest BCUT2D eigenvalue weighted by Gasteiger charge is 2.27. The van der Waals surface area contributed by atoms with Gasteiger partial charge in [-0.2, -0.15) is 0 Å². The van der Waals surface area contributed by atoms with E-state index in [1.54, 1.807) is 0 Å². The van der Waals surface area contributed by atoms with Crippen molar-refractivity contribution in [3.05, 3.63) is 60.2 Å². The smallest absolute Gasteiger partial charge is 0.230 e. The molecule has 0 aliphatic carbocycles. The van der Waals surface area contributed by atoms with Gasteiger partial charge in [-0.15, -0.1) is 0 Å². The molecule has 0 aromatic heterocycles. The number of hydrogen-bond donors (Lipinski definition) is 0. The van der Waals surface area contributed by atoms with Gasteiger partial charge in [0, 0.05) is 19.6 Å². The lowest BCUT2D eigenvalue weighted by Crippen LogP contribution is -2.31. The van der Waals surface area contributed by atoms with E-state index < -0.39 is 4.70 Å². The molecule has 0 heterocycles. The van der Waals surface area contributed by atoms with Crippen LogP contribution in [0.25, 0.3) is 11.1 Å². The zero-order valence-electron chi connectivity index (χ0n) is 12.5. The molecule has 0 saturated carbocycles. The molecule has 0 atom stereocenters. The summed E-state index contributed by atoms with van der Waals surface area (Å²) >= 11 is 3.56. The molecule has 3 heteroatoms. The van der Waals surface area contributed by atoms with Gasteiger partial charge in [0.2, 0.25) is 4.70 Å². The Kier molecular flexibility index (Phi) is 5.97. The molecule has 112 valence electrons. The predicted molar refractivity (Wildman–Crippen MR) is 90.5 cm³/mol. The first-order chi connectivity index (χ1) is 10.2. The average Bonchev–Trinajstić information content (AvgIpc) is 2.49. The van der Waals surface area contributed by atoms with Gasteiger partial charge in [-0.1, -0.05) is 54.6 Å². The maximum absolute atomic E-state index is 5.68. The molecular formula is C18H21BrO2. The minimum atomic E-state index is -0.731. The molecular weight excluding hydrogens is 328 g/mol. The first-order valence-corrected chi connectivity index (χ1v) is 8.07. The lowest BCUT2D eigenvalue weighted by Gasteiger charge is -2.27. The zero-order chi connectivity index (χ0) is 15.1. The van der Waals surface area contributed by atoms with Crippen LogP contribution in [-0.2, 0) is 15.9 Å². The standard InChI is InChI=1S/C18H21BrO2/c1-3-20-18(19,21-4-2)14-15-10-12-17(13-11-15)16-8-6-5-7-9-16/h5-13H,3-4,14H2,1-2H3. The summed E-state index contributed by atoms with van der Waals surface area (Å²) in [5.74, 6) is 0. The van der Waals surface area contributed by atoms with Crippen molar-refractivity contribution in [2.45, 2.75) is 25.0 Å². The molecule has 0 spiro atoms. The van der Waals surface area contributed by atoms with E-state index in [-0.39, 0.29) is 0 Å². The fourth-order valence-electron chi connectivity index (χ4n) is 2.26. The molecule has 0 saturated heterocycles. The zero-order valence-corrected chi connectivity index (χ0v) is 14.1. The van der Waals surface area contributed by atoms with E-state index in [0.29, 0.717) is 19.6 Å². The molecule has 21 heavy (non-hydrogen) atoms. The van der Waals surface area contributed by atoms with Crippen molar-refractivity contribution >= 4 is 15.9 Å². The van der Waals surface area contributed by atoms with Gasteiger partial charge < -0.3 is 9.47 Å². The van der Waals surface area contributed by atoms with Crippen molar-refractivity contribution in [2.24, 2.45) is 0 Å². The summed E-state index contributed by atoms with van der Waals surface area (Å²) in [5, 5.41) is 0. The Morgan fingerprint density at radius 1 is 0.810 bits per heavy atom. The Morgan fingerprint density at radius 2 is 1.33 bits per heavy atom. The number of benzene rings is 2. The first-order valence-electron chi connectivity index (χ1n) is 7.28. The molecule has 2 nitrogen and oxygen atoms in total. The van der Waals surface area contributed by atoms with Gasteiger partial charge in [0.05, 0.1) is 0 Å². The summed E-state index contributed by atoms with van der Waals surface area (Å²) < 4.78 is 10.6. The van der Waals surface area contributed by atoms with Gasteiger partial charge in [0.15, 0.2) is 0 Å². The van der Waals surface area contributed by atoms with E-state index in [1.807, 2.05) is 19.9 Å². The van der Waals surface area contributed by atoms with E-state index in [2.05, 4.69) is 64.5 Å². The highest BCUT2D eigenvalue weighted by molar-refractivity contribution is 9.10. The van der Waals surface area contributed by atoms with E-state index in [4.69, 9.17) is 9.47 Å². The second-order valence-electron chi connectivity index (χ2n) is 4.77. The second kappa shape index (κ2) is 7.74. The van der Waals surface area contributed by atoms with Crippen molar-refractivity contribution in [1.82, 2.24) is 0 Å². The quantitative estimate of drug-likeness (QED) is 0.516. The predicted octanol–water partition coefficient (Wildman–Crippen LogP) is 5.02. The maximum Gasteiger partial charge on any atom is 0.230 e. The van der Waals surface area contributed by atoms with Crippen LogP contribution in [0, 0.1) is 0 Å². The van der Waals surface area contributed by atoms with Gasteiger partial charge in [0.1, 0.15) is 0 Å². The number of rotatable bonds is 7. The number of hydrogen-bond acceptors (Lipinski definition) is 2. The van der Waals surface area contributed by atoms with Gasteiger partial charge in [-0.25, -0.2) is 0 Å². The van der Waals surface area contributed by atoms with Crippen LogP contribution in [0.5, 0.6) is 0 Å². The Balaban J connectivity index is 2.11. The van der Waals surface area contributed by atoms with Gasteiger partial charge in [-0.3, -0.25) is 0 Å². The van der Waals surface area contributed by atoms with Crippen LogP contribution >= 0.6 is 15.9 Å². The Bertz CT molecular complexity index is 531. The van der Waals surface area contributed by atoms with E-state index in [9.17, 15) is 0 Å². The van der Waals surface area contributed by atoms with Gasteiger partial charge in [0.25, 0.3) is 0 Å². The highest BCUT2D eigenvalue weighted by Crippen LogP contribution is 2.28. The average molecular weight is 349 g/mol. The molecule has 0 aliphatic heterocycles. The molecule has 0 bridgehead atoms. The minimum absolute atomic E-state index is 0.605. The van der Waals surface area contributed by atoms with Crippen LogP contribution < -0.4 is 0 Å². The molecule has 0 amide bonds. The van der Waals surface area contributed by atoms with E-state index >= 15 is 0 Å². The minimum Gasteiger partial charge on any atom is -0.341 e. The molecule has 0 aliphatic rings. The van der Waals surface area contributed by atoms with Crippen LogP contribution in [0.2, 0.25) is 0 Å². The maximum atomic E-state index is 5.68. The Morgan fingerprint density at radius 3 is 1.86 bits per heavy atom. The molecule has 0 unspecified atom stereocenters. The second-order valence-corrected chi connectivity index (χ2v) is 5.97. The number of halogens is 1. The molecule has 0 N–H and O–H groups in total. The van der Waals surface area contributed by atoms with Crippen molar-refractivity contribution in [3.8, 4) is 11.1 Å². The third-order valence-electron chi connectivity index (χ3n) is 3.20. The van der Waals surface area contributed by atoms with Crippen LogP contribution in [-0.4, -0.2) is 17.9 Å². The van der Waals surface area contributed by atoms with Crippen LogP contribution in [0.4, 0.5) is 0 Å². The molecule has 2 aromatic carbocycles. The monoisotopic (exact) mass is 348 g/mol. The Hall–Kier alpha value is -1.16. The van der Waals surface area contributed by atoms with Crippen molar-refractivity contribution in [3.63, 3.8) is 0 Å². The lowest BCUT2D eigenvalue weighted by atomic mass is 10.0. The normalized spacial score (nSPS) is 11.6. The molecule has 2 aromatic rings. The van der Waals surface area contributed by atoms with Crippen LogP contribution in [0.1, 0.15) is 19.4 Å². The first kappa shape index (κ1) is 16.2. The van der Waals surface area contributed by atoms with Crippen molar-refractivity contribution in [1.29, 1.82) is 0 Å². The fourth-order valence-corrected chi connectivity index (χ4v) is 3.05. The van der Waals surface area contributed by atoms with E-state index in [1.165, 1.54) is 16.7 Å². The van der Waals surface area contributed by atoms with Crippen molar-refractivity contribution in [2.75, 3.05) is 13.2 Å². The molecule has 0 radical (unpaired) electrons. The van der Waals surface area contributed by atoms with Crippen LogP contribution in [0.15, 0.2) is 54.6 Å². The highest BCUT2D eigenvalue weighted by atomic mass is 79.9.